The van der Waals surface area contributed by atoms with Gasteiger partial charge in [-0.05, 0) is 0 Å². The van der Waals surface area contributed by atoms with E-state index >= 15 is 0 Å². The second-order valence-corrected chi connectivity index (χ2v) is 1.98. The summed E-state index contributed by atoms with van der Waals surface area (Å²) < 4.78 is 0. The highest BCUT2D eigenvalue weighted by atomic mass is 16.2. The van der Waals surface area contributed by atoms with Crippen LogP contribution in [0.3, 0.4) is 0 Å². The van der Waals surface area contributed by atoms with E-state index in [2.05, 4.69) is 20.9 Å². The number of hydrogen-bond acceptors (Lipinski definition) is 2. The van der Waals surface area contributed by atoms with Crippen LogP contribution in [0.15, 0.2) is 4.99 Å². The van der Waals surface area contributed by atoms with Crippen LogP contribution < -0.4 is 16.0 Å². The lowest BCUT2D eigenvalue weighted by Crippen LogP contribution is -2.39. The number of carbonyl (C=O) groups excluding carboxylic acids is 2. The van der Waals surface area contributed by atoms with Gasteiger partial charge in [0.05, 0.1) is 0 Å². The Bertz CT molecular complexity index is 248. The highest BCUT2D eigenvalue weighted by molar-refractivity contribution is 6.14. The lowest BCUT2D eigenvalue weighted by molar-refractivity contribution is 0.243. The molecule has 0 bridgehead atoms. The summed E-state index contributed by atoms with van der Waals surface area (Å²) in [5.74, 6) is 0.356. The van der Waals surface area contributed by atoms with E-state index in [4.69, 9.17) is 0 Å². The van der Waals surface area contributed by atoms with Crippen LogP contribution in [0.4, 0.5) is 9.59 Å². The van der Waals surface area contributed by atoms with Crippen LogP contribution in [0.1, 0.15) is 0 Å². The Balaban J connectivity index is 0.000000605. The van der Waals surface area contributed by atoms with Gasteiger partial charge < -0.3 is 16.1 Å². The van der Waals surface area contributed by atoms with Crippen LogP contribution in [0, 0.1) is 0 Å². The van der Waals surface area contributed by atoms with Crippen LogP contribution in [-0.2, 0) is 0 Å². The normalized spacial score (nSPS) is 25.8. The number of urea groups is 2. The Hall–Kier alpha value is -1.63. The number of rotatable bonds is 0. The standard InChI is InChI=1S/C4H4N4O2.H2O/c9-3-5-1-2(7-3)8-4(10)6-1;/h1H,(H3,5,6,7,8,9,10);1H2. The van der Waals surface area contributed by atoms with Crippen molar-refractivity contribution in [1.82, 2.24) is 16.0 Å². The molecule has 0 radical (unpaired) electrons. The Morgan fingerprint density at radius 2 is 2.00 bits per heavy atom. The number of amides is 4. The monoisotopic (exact) mass is 158 g/mol. The summed E-state index contributed by atoms with van der Waals surface area (Å²) in [6, 6.07) is -0.753. The maximum absolute atomic E-state index is 10.5. The Kier molecular flexibility index (Phi) is 1.50. The molecule has 2 aliphatic heterocycles. The van der Waals surface area contributed by atoms with E-state index in [1.54, 1.807) is 0 Å². The first-order chi connectivity index (χ1) is 4.75. The number of aliphatic imine (C=N–C) groups is 1. The van der Waals surface area contributed by atoms with Gasteiger partial charge in [-0.2, -0.15) is 4.99 Å². The van der Waals surface area contributed by atoms with Gasteiger partial charge in [0, 0.05) is 0 Å². The summed E-state index contributed by atoms with van der Waals surface area (Å²) in [7, 11) is 0. The van der Waals surface area contributed by atoms with Crippen molar-refractivity contribution in [2.75, 3.05) is 0 Å². The first-order valence-electron chi connectivity index (χ1n) is 2.72. The number of carbonyl (C=O) groups is 2. The Morgan fingerprint density at radius 3 is 2.64 bits per heavy atom. The molecule has 7 heteroatoms. The zero-order valence-corrected chi connectivity index (χ0v) is 5.34. The van der Waals surface area contributed by atoms with Gasteiger partial charge in [0.1, 0.15) is 0 Å². The topological polar surface area (TPSA) is 114 Å². The van der Waals surface area contributed by atoms with E-state index in [1.807, 2.05) is 0 Å². The molecule has 60 valence electrons. The summed E-state index contributed by atoms with van der Waals surface area (Å²) in [4.78, 5) is 24.5. The molecule has 0 aromatic rings. The highest BCUT2D eigenvalue weighted by Gasteiger charge is 2.33. The predicted octanol–water partition coefficient (Wildman–Crippen LogP) is -2.08. The largest absolute Gasteiger partial charge is 0.412 e. The molecule has 1 saturated heterocycles. The van der Waals surface area contributed by atoms with Crippen molar-refractivity contribution in [1.29, 1.82) is 0 Å². The van der Waals surface area contributed by atoms with E-state index < -0.39 is 12.2 Å². The number of nitrogens with one attached hydrogen (secondary N) is 3. The fraction of sp³-hybridized carbons (Fsp3) is 0.250. The van der Waals surface area contributed by atoms with Crippen LogP contribution in [0.2, 0.25) is 0 Å². The summed E-state index contributed by atoms with van der Waals surface area (Å²) >= 11 is 0. The maximum atomic E-state index is 10.5. The van der Waals surface area contributed by atoms with Crippen molar-refractivity contribution in [2.45, 2.75) is 6.17 Å². The SMILES string of the molecule is O.O=C1N=C2NC(=O)NC2N1. The highest BCUT2D eigenvalue weighted by Crippen LogP contribution is 1.99. The minimum atomic E-state index is -0.431. The van der Waals surface area contributed by atoms with E-state index in [0.717, 1.165) is 0 Å². The molecule has 0 aliphatic carbocycles. The summed E-state index contributed by atoms with van der Waals surface area (Å²) in [5, 5.41) is 7.21. The van der Waals surface area contributed by atoms with Crippen molar-refractivity contribution in [3.8, 4) is 0 Å². The van der Waals surface area contributed by atoms with E-state index in [-0.39, 0.29) is 11.5 Å². The lowest BCUT2D eigenvalue weighted by atomic mass is 10.5. The van der Waals surface area contributed by atoms with Crippen molar-refractivity contribution < 1.29 is 15.1 Å². The molecule has 1 atom stereocenters. The van der Waals surface area contributed by atoms with Gasteiger partial charge in [-0.1, -0.05) is 0 Å². The number of hydrogen-bond donors (Lipinski definition) is 3. The molecule has 2 heterocycles. The van der Waals surface area contributed by atoms with Crippen molar-refractivity contribution in [3.05, 3.63) is 0 Å². The van der Waals surface area contributed by atoms with Crippen LogP contribution in [0.5, 0.6) is 0 Å². The van der Waals surface area contributed by atoms with E-state index in [0.29, 0.717) is 5.84 Å². The molecule has 0 spiro atoms. The number of amidine groups is 1. The maximum Gasteiger partial charge on any atom is 0.344 e. The first-order valence-corrected chi connectivity index (χ1v) is 2.72. The number of fused-ring (bicyclic) bond motifs is 1. The molecule has 4 amide bonds. The third-order valence-corrected chi connectivity index (χ3v) is 1.28. The van der Waals surface area contributed by atoms with Gasteiger partial charge in [-0.15, -0.1) is 0 Å². The van der Waals surface area contributed by atoms with Gasteiger partial charge >= 0.3 is 12.1 Å². The van der Waals surface area contributed by atoms with Crippen LogP contribution >= 0.6 is 0 Å². The molecule has 2 rings (SSSR count). The molecular weight excluding hydrogens is 152 g/mol. The minimum absolute atomic E-state index is 0. The summed E-state index contributed by atoms with van der Waals surface area (Å²) in [6.45, 7) is 0. The molecular formula is C4H6N4O3. The second-order valence-electron chi connectivity index (χ2n) is 1.98. The molecule has 0 aromatic heterocycles. The van der Waals surface area contributed by atoms with E-state index in [9.17, 15) is 9.59 Å². The smallest absolute Gasteiger partial charge is 0.344 e. The van der Waals surface area contributed by atoms with Crippen molar-refractivity contribution in [3.63, 3.8) is 0 Å². The third kappa shape index (κ3) is 1.01. The fourth-order valence-electron chi connectivity index (χ4n) is 0.886. The molecule has 0 aromatic carbocycles. The van der Waals surface area contributed by atoms with Gasteiger partial charge in [0.2, 0.25) is 0 Å². The molecule has 1 unspecified atom stereocenters. The second kappa shape index (κ2) is 2.20. The quantitative estimate of drug-likeness (QED) is 0.375. The first kappa shape index (κ1) is 7.48. The van der Waals surface area contributed by atoms with Gasteiger partial charge in [-0.3, -0.25) is 5.32 Å². The predicted molar refractivity (Wildman–Crippen MR) is 35.0 cm³/mol. The number of nitrogens with zero attached hydrogens (tertiary/aromatic N) is 1. The Morgan fingerprint density at radius 1 is 1.27 bits per heavy atom. The average Bonchev–Trinajstić information content (AvgIpc) is 2.21. The molecule has 5 N–H and O–H groups in total. The van der Waals surface area contributed by atoms with Gasteiger partial charge in [0.15, 0.2) is 12.0 Å². The zero-order valence-electron chi connectivity index (χ0n) is 5.34. The average molecular weight is 158 g/mol. The third-order valence-electron chi connectivity index (χ3n) is 1.28. The minimum Gasteiger partial charge on any atom is -0.412 e. The lowest BCUT2D eigenvalue weighted by Gasteiger charge is -1.99. The van der Waals surface area contributed by atoms with Crippen molar-refractivity contribution in [2.24, 2.45) is 4.99 Å². The zero-order chi connectivity index (χ0) is 7.14. The Labute approximate surface area is 61.2 Å². The molecule has 0 saturated carbocycles. The van der Waals surface area contributed by atoms with Gasteiger partial charge in [0.25, 0.3) is 0 Å². The van der Waals surface area contributed by atoms with Crippen LogP contribution in [0.25, 0.3) is 0 Å². The van der Waals surface area contributed by atoms with E-state index in [1.165, 1.54) is 0 Å². The van der Waals surface area contributed by atoms with Crippen molar-refractivity contribution >= 4 is 17.9 Å². The molecule has 11 heavy (non-hydrogen) atoms. The fourth-order valence-corrected chi connectivity index (χ4v) is 0.886. The molecule has 2 aliphatic rings. The summed E-state index contributed by atoms with van der Waals surface area (Å²) in [5.41, 5.74) is 0. The molecule has 1 fully saturated rings. The van der Waals surface area contributed by atoms with Crippen LogP contribution in [-0.4, -0.2) is 29.5 Å². The molecule has 7 nitrogen and oxygen atoms in total. The van der Waals surface area contributed by atoms with Gasteiger partial charge in [-0.25, -0.2) is 9.59 Å². The summed E-state index contributed by atoms with van der Waals surface area (Å²) in [6.07, 6.45) is -0.431.